The van der Waals surface area contributed by atoms with Crippen LogP contribution in [0.4, 0.5) is 22.7 Å². The summed E-state index contributed by atoms with van der Waals surface area (Å²) < 4.78 is 0. The van der Waals surface area contributed by atoms with Crippen LogP contribution in [0, 0.1) is 0 Å². The highest BCUT2D eigenvalue weighted by molar-refractivity contribution is 5.57. The largest absolute Gasteiger partial charge is 0.399 e. The maximum Gasteiger partial charge on any atom is 0.0367 e. The van der Waals surface area contributed by atoms with Crippen molar-refractivity contribution in [1.82, 2.24) is 0 Å². The Hall–Kier alpha value is -2.36. The average molecular weight is 272 g/mol. The van der Waals surface area contributed by atoms with Crippen LogP contribution in [0.25, 0.3) is 0 Å². The number of hydrogen-bond donors (Lipinski definition) is 4. The summed E-state index contributed by atoms with van der Waals surface area (Å²) in [6.45, 7) is 4.14. The van der Waals surface area contributed by atoms with Crippen LogP contribution in [-0.2, 0) is 12.8 Å². The van der Waals surface area contributed by atoms with Crippen LogP contribution in [0.1, 0.15) is 25.0 Å². The second-order valence-electron chi connectivity index (χ2n) is 4.62. The van der Waals surface area contributed by atoms with E-state index in [-0.39, 0.29) is 0 Å². The Kier molecular flexibility index (Phi) is 5.72. The van der Waals surface area contributed by atoms with E-state index in [9.17, 15) is 0 Å². The Morgan fingerprint density at radius 2 is 1.00 bits per heavy atom. The van der Waals surface area contributed by atoms with Crippen LogP contribution in [0.15, 0.2) is 36.4 Å². The monoisotopic (exact) mass is 272 g/mol. The third-order valence-corrected chi connectivity index (χ3v) is 3.10. The second kappa shape index (κ2) is 7.28. The standard InChI is InChI=1S/2C8H12N2/c2*1-2-6-3-4-7(9)5-8(6)10/h2*3-5H,2,9-10H2,1H3. The normalized spacial score (nSPS) is 9.70. The summed E-state index contributed by atoms with van der Waals surface area (Å²) in [7, 11) is 0. The predicted octanol–water partition coefficient (Wildman–Crippen LogP) is 2.83. The first kappa shape index (κ1) is 15.7. The molecule has 20 heavy (non-hydrogen) atoms. The van der Waals surface area contributed by atoms with Crippen molar-refractivity contribution in [3.8, 4) is 0 Å². The highest BCUT2D eigenvalue weighted by Crippen LogP contribution is 2.16. The van der Waals surface area contributed by atoms with Gasteiger partial charge in [-0.15, -0.1) is 0 Å². The lowest BCUT2D eigenvalue weighted by molar-refractivity contribution is 1.15. The smallest absolute Gasteiger partial charge is 0.0367 e. The third-order valence-electron chi connectivity index (χ3n) is 3.10. The minimum atomic E-state index is 0.731. The second-order valence-corrected chi connectivity index (χ2v) is 4.62. The molecule has 108 valence electrons. The number of nitrogens with two attached hydrogens (primary N) is 4. The van der Waals surface area contributed by atoms with Gasteiger partial charge < -0.3 is 22.9 Å². The van der Waals surface area contributed by atoms with Crippen molar-refractivity contribution in [2.24, 2.45) is 0 Å². The van der Waals surface area contributed by atoms with Gasteiger partial charge in [0.15, 0.2) is 0 Å². The molecule has 0 amide bonds. The van der Waals surface area contributed by atoms with Gasteiger partial charge in [0.05, 0.1) is 0 Å². The topological polar surface area (TPSA) is 104 Å². The fourth-order valence-corrected chi connectivity index (χ4v) is 1.87. The molecule has 0 radical (unpaired) electrons. The van der Waals surface area contributed by atoms with Crippen molar-refractivity contribution in [1.29, 1.82) is 0 Å². The van der Waals surface area contributed by atoms with Gasteiger partial charge in [-0.3, -0.25) is 0 Å². The fraction of sp³-hybridized carbons (Fsp3) is 0.250. The summed E-state index contributed by atoms with van der Waals surface area (Å²) in [6.07, 6.45) is 1.93. The lowest BCUT2D eigenvalue weighted by atomic mass is 10.1. The van der Waals surface area contributed by atoms with Gasteiger partial charge in [-0.1, -0.05) is 26.0 Å². The zero-order valence-corrected chi connectivity index (χ0v) is 12.2. The van der Waals surface area contributed by atoms with Crippen molar-refractivity contribution in [2.75, 3.05) is 22.9 Å². The van der Waals surface area contributed by atoms with Crippen molar-refractivity contribution in [2.45, 2.75) is 26.7 Å². The Labute approximate surface area is 120 Å². The Balaban J connectivity index is 0.000000200. The molecule has 2 aromatic rings. The predicted molar refractivity (Wildman–Crippen MR) is 89.3 cm³/mol. The first-order valence-corrected chi connectivity index (χ1v) is 6.75. The molecule has 0 saturated heterocycles. The molecule has 4 heteroatoms. The number of rotatable bonds is 2. The lowest BCUT2D eigenvalue weighted by Gasteiger charge is -2.01. The average Bonchev–Trinajstić information content (AvgIpc) is 2.40. The van der Waals surface area contributed by atoms with Crippen molar-refractivity contribution < 1.29 is 0 Å². The number of aryl methyl sites for hydroxylation is 2. The number of hydrogen-bond acceptors (Lipinski definition) is 4. The molecule has 0 bridgehead atoms. The van der Waals surface area contributed by atoms with Crippen molar-refractivity contribution in [3.05, 3.63) is 47.5 Å². The molecule has 0 fully saturated rings. The van der Waals surface area contributed by atoms with Gasteiger partial charge in [-0.2, -0.15) is 0 Å². The number of nitrogen functional groups attached to an aromatic ring is 4. The number of benzene rings is 2. The highest BCUT2D eigenvalue weighted by atomic mass is 14.6. The zero-order valence-electron chi connectivity index (χ0n) is 12.2. The van der Waals surface area contributed by atoms with Gasteiger partial charge in [-0.05, 0) is 48.2 Å². The zero-order chi connectivity index (χ0) is 15.1. The van der Waals surface area contributed by atoms with E-state index in [1.54, 1.807) is 12.1 Å². The van der Waals surface area contributed by atoms with E-state index in [4.69, 9.17) is 22.9 Å². The molecular formula is C16H24N4. The molecule has 0 aromatic heterocycles. The SMILES string of the molecule is CCc1ccc(N)cc1N.CCc1ccc(N)cc1N. The van der Waals surface area contributed by atoms with E-state index >= 15 is 0 Å². The van der Waals surface area contributed by atoms with Crippen LogP contribution >= 0.6 is 0 Å². The van der Waals surface area contributed by atoms with E-state index in [0.29, 0.717) is 0 Å². The minimum absolute atomic E-state index is 0.731. The molecule has 2 rings (SSSR count). The summed E-state index contributed by atoms with van der Waals surface area (Å²) in [4.78, 5) is 0. The maximum atomic E-state index is 5.65. The van der Waals surface area contributed by atoms with Crippen molar-refractivity contribution in [3.63, 3.8) is 0 Å². The van der Waals surface area contributed by atoms with Gasteiger partial charge in [0.25, 0.3) is 0 Å². The van der Waals surface area contributed by atoms with Crippen LogP contribution in [-0.4, -0.2) is 0 Å². The van der Waals surface area contributed by atoms with E-state index in [1.165, 1.54) is 0 Å². The molecule has 0 aliphatic carbocycles. The summed E-state index contributed by atoms with van der Waals surface area (Å²) in [5, 5.41) is 0. The quantitative estimate of drug-likeness (QED) is 0.631. The Morgan fingerprint density at radius 1 is 0.650 bits per heavy atom. The molecule has 0 spiro atoms. The van der Waals surface area contributed by atoms with E-state index in [2.05, 4.69) is 13.8 Å². The molecule has 8 N–H and O–H groups in total. The van der Waals surface area contributed by atoms with Gasteiger partial charge in [0.2, 0.25) is 0 Å². The Morgan fingerprint density at radius 3 is 1.25 bits per heavy atom. The first-order valence-electron chi connectivity index (χ1n) is 6.75. The molecule has 0 saturated carbocycles. The summed E-state index contributed by atoms with van der Waals surface area (Å²) in [5.41, 5.74) is 27.7. The molecule has 0 atom stereocenters. The molecule has 2 aromatic carbocycles. The summed E-state index contributed by atoms with van der Waals surface area (Å²) >= 11 is 0. The third kappa shape index (κ3) is 4.39. The lowest BCUT2D eigenvalue weighted by Crippen LogP contribution is -1.94. The molecule has 0 heterocycles. The molecule has 0 unspecified atom stereocenters. The summed E-state index contributed by atoms with van der Waals surface area (Å²) in [5.74, 6) is 0. The molecule has 0 aliphatic rings. The van der Waals surface area contributed by atoms with Gasteiger partial charge in [-0.25, -0.2) is 0 Å². The van der Waals surface area contributed by atoms with Crippen LogP contribution in [0.2, 0.25) is 0 Å². The molecule has 4 nitrogen and oxygen atoms in total. The highest BCUT2D eigenvalue weighted by Gasteiger charge is 1.95. The van der Waals surface area contributed by atoms with Gasteiger partial charge in [0, 0.05) is 22.7 Å². The first-order chi connectivity index (χ1) is 9.47. The van der Waals surface area contributed by atoms with E-state index in [0.717, 1.165) is 46.7 Å². The molecule has 0 aliphatic heterocycles. The summed E-state index contributed by atoms with van der Waals surface area (Å²) in [6, 6.07) is 11.2. The van der Waals surface area contributed by atoms with Crippen LogP contribution < -0.4 is 22.9 Å². The van der Waals surface area contributed by atoms with Crippen molar-refractivity contribution >= 4 is 22.7 Å². The molecular weight excluding hydrogens is 248 g/mol. The minimum Gasteiger partial charge on any atom is -0.399 e. The van der Waals surface area contributed by atoms with Gasteiger partial charge in [0.1, 0.15) is 0 Å². The van der Waals surface area contributed by atoms with E-state index in [1.807, 2.05) is 24.3 Å². The van der Waals surface area contributed by atoms with Crippen LogP contribution in [0.3, 0.4) is 0 Å². The maximum absolute atomic E-state index is 5.65. The Bertz CT molecular complexity index is 513. The van der Waals surface area contributed by atoms with Gasteiger partial charge >= 0.3 is 0 Å². The van der Waals surface area contributed by atoms with Crippen LogP contribution in [0.5, 0.6) is 0 Å². The van der Waals surface area contributed by atoms with E-state index < -0.39 is 0 Å². The number of anilines is 4. The fourth-order valence-electron chi connectivity index (χ4n) is 1.87.